The lowest BCUT2D eigenvalue weighted by molar-refractivity contribution is 0.100. The zero-order valence-electron chi connectivity index (χ0n) is 15.0. The van der Waals surface area contributed by atoms with E-state index in [2.05, 4.69) is 21.2 Å². The molecule has 5 heteroatoms. The molecule has 0 aliphatic heterocycles. The van der Waals surface area contributed by atoms with Gasteiger partial charge in [0, 0.05) is 34.7 Å². The molecule has 1 unspecified atom stereocenters. The molecular weight excluding hydrogens is 356 g/mol. The van der Waals surface area contributed by atoms with E-state index in [1.54, 1.807) is 24.4 Å². The summed E-state index contributed by atoms with van der Waals surface area (Å²) >= 11 is 0. The molecule has 0 fully saturated rings. The normalized spacial score (nSPS) is 12.4. The van der Waals surface area contributed by atoms with Crippen LogP contribution in [0.3, 0.4) is 0 Å². The monoisotopic (exact) mass is 374 g/mol. The number of benzene rings is 2. The zero-order valence-corrected chi connectivity index (χ0v) is 15.9. The maximum Gasteiger partial charge on any atom is 0.286 e. The summed E-state index contributed by atoms with van der Waals surface area (Å²) in [4.78, 5) is 17.1. The van der Waals surface area contributed by atoms with E-state index in [4.69, 9.17) is 0 Å². The molecule has 27 heavy (non-hydrogen) atoms. The number of hydrogen-bond donors (Lipinski definition) is 0. The van der Waals surface area contributed by atoms with Crippen molar-refractivity contribution in [2.75, 3.05) is 6.26 Å². The third-order valence-corrected chi connectivity index (χ3v) is 5.49. The van der Waals surface area contributed by atoms with Crippen molar-refractivity contribution < 1.29 is 9.00 Å². The number of amides is 1. The first-order chi connectivity index (χ1) is 12.9. The van der Waals surface area contributed by atoms with Gasteiger partial charge in [-0.3, -0.25) is 9.78 Å². The van der Waals surface area contributed by atoms with Crippen LogP contribution in [0.2, 0.25) is 0 Å². The van der Waals surface area contributed by atoms with E-state index in [0.717, 1.165) is 11.1 Å². The molecule has 0 saturated heterocycles. The van der Waals surface area contributed by atoms with Gasteiger partial charge in [0.15, 0.2) is 0 Å². The largest absolute Gasteiger partial charge is 0.286 e. The molecule has 2 aromatic carbocycles. The minimum absolute atomic E-state index is 0.261. The maximum absolute atomic E-state index is 12.8. The quantitative estimate of drug-likeness (QED) is 0.635. The summed E-state index contributed by atoms with van der Waals surface area (Å²) < 4.78 is 16.8. The van der Waals surface area contributed by atoms with Crippen molar-refractivity contribution in [2.24, 2.45) is 4.36 Å². The average molecular weight is 374 g/mol. The van der Waals surface area contributed by atoms with Gasteiger partial charge in [0.25, 0.3) is 5.91 Å². The van der Waals surface area contributed by atoms with Crippen LogP contribution in [0.15, 0.2) is 82.3 Å². The third-order valence-electron chi connectivity index (χ3n) is 3.83. The van der Waals surface area contributed by atoms with Gasteiger partial charge in [0.2, 0.25) is 0 Å². The molecule has 134 valence electrons. The number of pyridine rings is 1. The van der Waals surface area contributed by atoms with Crippen LogP contribution >= 0.6 is 0 Å². The lowest BCUT2D eigenvalue weighted by Crippen LogP contribution is -2.04. The van der Waals surface area contributed by atoms with Crippen LogP contribution < -0.4 is 0 Å². The van der Waals surface area contributed by atoms with Gasteiger partial charge >= 0.3 is 0 Å². The molecule has 4 nitrogen and oxygen atoms in total. The molecule has 1 heterocycles. The summed E-state index contributed by atoms with van der Waals surface area (Å²) in [5, 5.41) is 0. The van der Waals surface area contributed by atoms with Crippen molar-refractivity contribution in [1.29, 1.82) is 0 Å². The number of aromatic nitrogens is 1. The second kappa shape index (κ2) is 7.98. The number of aryl methyl sites for hydroxylation is 1. The minimum Gasteiger partial charge on any atom is -0.266 e. The van der Waals surface area contributed by atoms with Crippen molar-refractivity contribution >= 4 is 15.6 Å². The summed E-state index contributed by atoms with van der Waals surface area (Å²) in [6, 6.07) is 18.3. The summed E-state index contributed by atoms with van der Waals surface area (Å²) in [6.07, 6.45) is 4.45. The lowest BCUT2D eigenvalue weighted by atomic mass is 10.2. The van der Waals surface area contributed by atoms with Gasteiger partial charge in [-0.15, -0.1) is 0 Å². The number of carbonyl (C=O) groups excluding carboxylic acids is 1. The second-order valence-electron chi connectivity index (χ2n) is 6.09. The van der Waals surface area contributed by atoms with Crippen LogP contribution in [-0.2, 0) is 9.73 Å². The molecule has 3 aromatic rings. The van der Waals surface area contributed by atoms with Gasteiger partial charge in [-0.05, 0) is 37.3 Å². The van der Waals surface area contributed by atoms with Crippen molar-refractivity contribution in [2.45, 2.75) is 11.8 Å². The molecule has 0 aliphatic rings. The molecule has 1 amide bonds. The van der Waals surface area contributed by atoms with Crippen LogP contribution in [0.4, 0.5) is 0 Å². The number of carbonyl (C=O) groups is 1. The first kappa shape index (κ1) is 18.6. The molecule has 0 saturated carbocycles. The van der Waals surface area contributed by atoms with Crippen molar-refractivity contribution in [3.8, 4) is 11.8 Å². The standard InChI is InChI=1S/C22H18N2O2S/c1-17-8-12-21(13-9-17)27(2,26)24-22(25)20-14-19(15-23-16-20)11-10-18-6-4-3-5-7-18/h3-9,12-16H,1-2H3. The van der Waals surface area contributed by atoms with E-state index in [-0.39, 0.29) is 5.56 Å². The maximum atomic E-state index is 12.8. The van der Waals surface area contributed by atoms with Crippen LogP contribution in [-0.4, -0.2) is 21.4 Å². The Kier molecular flexibility index (Phi) is 5.49. The summed E-state index contributed by atoms with van der Waals surface area (Å²) in [7, 11) is -2.83. The van der Waals surface area contributed by atoms with Crippen molar-refractivity contribution in [3.05, 3.63) is 95.3 Å². The SMILES string of the molecule is Cc1ccc(S(C)(=O)=NC(=O)c2cncc(C#Cc3ccccc3)c2)cc1. The Labute approximate surface area is 159 Å². The van der Waals surface area contributed by atoms with E-state index < -0.39 is 15.6 Å². The highest BCUT2D eigenvalue weighted by Crippen LogP contribution is 2.14. The number of rotatable bonds is 2. The first-order valence-electron chi connectivity index (χ1n) is 8.29. The van der Waals surface area contributed by atoms with Crippen LogP contribution in [0.5, 0.6) is 0 Å². The summed E-state index contributed by atoms with van der Waals surface area (Å²) in [5.74, 6) is 5.43. The molecule has 3 rings (SSSR count). The predicted octanol–water partition coefficient (Wildman–Crippen LogP) is 4.09. The van der Waals surface area contributed by atoms with Crippen LogP contribution in [0, 0.1) is 18.8 Å². The highest BCUT2D eigenvalue weighted by molar-refractivity contribution is 7.93. The second-order valence-corrected chi connectivity index (χ2v) is 8.35. The summed E-state index contributed by atoms with van der Waals surface area (Å²) in [5.41, 5.74) is 2.78. The molecule has 0 spiro atoms. The van der Waals surface area contributed by atoms with E-state index >= 15 is 0 Å². The van der Waals surface area contributed by atoms with E-state index in [1.807, 2.05) is 49.4 Å². The highest BCUT2D eigenvalue weighted by atomic mass is 32.2. The van der Waals surface area contributed by atoms with Gasteiger partial charge in [-0.1, -0.05) is 47.7 Å². The van der Waals surface area contributed by atoms with Gasteiger partial charge < -0.3 is 0 Å². The Morgan fingerprint density at radius 1 is 0.963 bits per heavy atom. The lowest BCUT2D eigenvalue weighted by Gasteiger charge is -2.04. The van der Waals surface area contributed by atoms with Gasteiger partial charge in [-0.2, -0.15) is 4.36 Å². The van der Waals surface area contributed by atoms with Gasteiger partial charge in [-0.25, -0.2) is 4.21 Å². The highest BCUT2D eigenvalue weighted by Gasteiger charge is 2.12. The van der Waals surface area contributed by atoms with E-state index in [0.29, 0.717) is 10.5 Å². The molecule has 1 atom stereocenters. The number of nitrogens with zero attached hydrogens (tertiary/aromatic N) is 2. The Morgan fingerprint density at radius 3 is 2.33 bits per heavy atom. The van der Waals surface area contributed by atoms with E-state index in [1.165, 1.54) is 12.5 Å². The summed E-state index contributed by atoms with van der Waals surface area (Å²) in [6.45, 7) is 1.94. The van der Waals surface area contributed by atoms with Gasteiger partial charge in [0.1, 0.15) is 0 Å². The molecule has 0 aliphatic carbocycles. The van der Waals surface area contributed by atoms with E-state index in [9.17, 15) is 9.00 Å². The molecule has 0 bridgehead atoms. The van der Waals surface area contributed by atoms with Crippen LogP contribution in [0.1, 0.15) is 27.0 Å². The fraction of sp³-hybridized carbons (Fsp3) is 0.0909. The van der Waals surface area contributed by atoms with Crippen molar-refractivity contribution in [1.82, 2.24) is 4.98 Å². The Morgan fingerprint density at radius 2 is 1.63 bits per heavy atom. The van der Waals surface area contributed by atoms with Gasteiger partial charge in [0.05, 0.1) is 15.3 Å². The Hall–Kier alpha value is -3.23. The van der Waals surface area contributed by atoms with Crippen LogP contribution in [0.25, 0.3) is 0 Å². The number of hydrogen-bond acceptors (Lipinski definition) is 3. The smallest absolute Gasteiger partial charge is 0.266 e. The topological polar surface area (TPSA) is 59.4 Å². The Balaban J connectivity index is 1.88. The molecule has 1 aromatic heterocycles. The van der Waals surface area contributed by atoms with Crippen molar-refractivity contribution in [3.63, 3.8) is 0 Å². The fourth-order valence-electron chi connectivity index (χ4n) is 2.35. The predicted molar refractivity (Wildman–Crippen MR) is 107 cm³/mol. The molecule has 0 radical (unpaired) electrons. The molecule has 0 N–H and O–H groups in total. The Bertz CT molecular complexity index is 1150. The minimum atomic E-state index is -2.83. The molecular formula is C22H18N2O2S. The third kappa shape index (κ3) is 4.90. The zero-order chi connectivity index (χ0) is 19.3. The fourth-order valence-corrected chi connectivity index (χ4v) is 3.51. The average Bonchev–Trinajstić information content (AvgIpc) is 2.67. The first-order valence-corrected chi connectivity index (χ1v) is 10.2.